The van der Waals surface area contributed by atoms with Crippen molar-refractivity contribution in [2.45, 2.75) is 25.4 Å². The van der Waals surface area contributed by atoms with Gasteiger partial charge in [-0.2, -0.15) is 0 Å². The molecule has 0 saturated carbocycles. The Morgan fingerprint density at radius 2 is 2.29 bits per heavy atom. The van der Waals surface area contributed by atoms with Gasteiger partial charge in [0.05, 0.1) is 12.7 Å². The molecule has 1 unspecified atom stereocenters. The lowest BCUT2D eigenvalue weighted by atomic mass is 10.0. The first-order chi connectivity index (χ1) is 10.1. The van der Waals surface area contributed by atoms with E-state index in [-0.39, 0.29) is 17.9 Å². The lowest BCUT2D eigenvalue weighted by Gasteiger charge is -2.31. The summed E-state index contributed by atoms with van der Waals surface area (Å²) in [6, 6.07) is 5.36. The number of nitrogens with two attached hydrogens (primary N) is 1. The van der Waals surface area contributed by atoms with Gasteiger partial charge in [0.1, 0.15) is 5.75 Å². The molecule has 0 bridgehead atoms. The van der Waals surface area contributed by atoms with Gasteiger partial charge in [0.25, 0.3) is 5.91 Å². The molecular formula is C15H21N3O3. The molecule has 1 aromatic rings. The van der Waals surface area contributed by atoms with Gasteiger partial charge in [0.15, 0.2) is 0 Å². The zero-order chi connectivity index (χ0) is 15.4. The van der Waals surface area contributed by atoms with Crippen LogP contribution in [0.25, 0.3) is 0 Å². The Labute approximate surface area is 124 Å². The molecule has 114 valence electrons. The summed E-state index contributed by atoms with van der Waals surface area (Å²) in [5.41, 5.74) is 7.01. The van der Waals surface area contributed by atoms with Gasteiger partial charge >= 0.3 is 0 Å². The van der Waals surface area contributed by atoms with E-state index in [2.05, 4.69) is 5.32 Å². The standard InChI is InChI=1S/C15H21N3O3/c1-18(11-4-6-14(19)17-9-11)15(20)12-7-10(8-16)3-5-13(12)21-2/h3,5,7,11H,4,6,8-9,16H2,1-2H3,(H,17,19). The highest BCUT2D eigenvalue weighted by atomic mass is 16.5. The highest BCUT2D eigenvalue weighted by Crippen LogP contribution is 2.23. The molecule has 1 aliphatic rings. The SMILES string of the molecule is COc1ccc(CN)cc1C(=O)N(C)C1CCC(=O)NC1. The highest BCUT2D eigenvalue weighted by Gasteiger charge is 2.27. The van der Waals surface area contributed by atoms with Crippen LogP contribution in [-0.4, -0.2) is 43.5 Å². The van der Waals surface area contributed by atoms with E-state index in [4.69, 9.17) is 10.5 Å². The number of benzene rings is 1. The molecular weight excluding hydrogens is 270 g/mol. The third kappa shape index (κ3) is 3.33. The number of hydrogen-bond donors (Lipinski definition) is 2. The number of ether oxygens (including phenoxy) is 1. The number of carbonyl (C=O) groups is 2. The van der Waals surface area contributed by atoms with Crippen LogP contribution in [0, 0.1) is 0 Å². The van der Waals surface area contributed by atoms with Gasteiger partial charge in [-0.1, -0.05) is 6.07 Å². The van der Waals surface area contributed by atoms with E-state index in [1.54, 1.807) is 24.1 Å². The maximum atomic E-state index is 12.7. The zero-order valence-electron chi connectivity index (χ0n) is 12.4. The molecule has 1 atom stereocenters. The number of methoxy groups -OCH3 is 1. The second kappa shape index (κ2) is 6.58. The molecule has 1 aliphatic heterocycles. The van der Waals surface area contributed by atoms with Crippen LogP contribution in [0.1, 0.15) is 28.8 Å². The second-order valence-electron chi connectivity index (χ2n) is 5.15. The van der Waals surface area contributed by atoms with Crippen LogP contribution in [-0.2, 0) is 11.3 Å². The van der Waals surface area contributed by atoms with E-state index in [1.807, 2.05) is 6.07 Å². The predicted molar refractivity (Wildman–Crippen MR) is 79.0 cm³/mol. The molecule has 0 aliphatic carbocycles. The molecule has 1 fully saturated rings. The summed E-state index contributed by atoms with van der Waals surface area (Å²) in [5, 5.41) is 2.79. The normalized spacial score (nSPS) is 18.0. The fraction of sp³-hybridized carbons (Fsp3) is 0.467. The van der Waals surface area contributed by atoms with Gasteiger partial charge in [0.2, 0.25) is 5.91 Å². The number of piperidine rings is 1. The number of carbonyl (C=O) groups excluding carboxylic acids is 2. The van der Waals surface area contributed by atoms with Crippen molar-refractivity contribution in [2.24, 2.45) is 5.73 Å². The largest absolute Gasteiger partial charge is 0.496 e. The van der Waals surface area contributed by atoms with Gasteiger partial charge < -0.3 is 20.7 Å². The average molecular weight is 291 g/mol. The van der Waals surface area contributed by atoms with Crippen molar-refractivity contribution in [3.8, 4) is 5.75 Å². The van der Waals surface area contributed by atoms with E-state index in [1.165, 1.54) is 7.11 Å². The van der Waals surface area contributed by atoms with Crippen molar-refractivity contribution in [3.05, 3.63) is 29.3 Å². The Bertz CT molecular complexity index is 535. The van der Waals surface area contributed by atoms with E-state index in [9.17, 15) is 9.59 Å². The van der Waals surface area contributed by atoms with E-state index in [0.29, 0.717) is 37.2 Å². The molecule has 0 aromatic heterocycles. The first-order valence-corrected chi connectivity index (χ1v) is 6.97. The molecule has 1 heterocycles. The Hall–Kier alpha value is -2.08. The van der Waals surface area contributed by atoms with Crippen LogP contribution in [0.2, 0.25) is 0 Å². The maximum absolute atomic E-state index is 12.7. The van der Waals surface area contributed by atoms with Crippen LogP contribution in [0.5, 0.6) is 5.75 Å². The zero-order valence-corrected chi connectivity index (χ0v) is 12.4. The Morgan fingerprint density at radius 3 is 2.86 bits per heavy atom. The summed E-state index contributed by atoms with van der Waals surface area (Å²) in [7, 11) is 3.29. The lowest BCUT2D eigenvalue weighted by molar-refractivity contribution is -0.123. The van der Waals surface area contributed by atoms with Crippen LogP contribution < -0.4 is 15.8 Å². The smallest absolute Gasteiger partial charge is 0.257 e. The molecule has 1 aromatic carbocycles. The van der Waals surface area contributed by atoms with Crippen LogP contribution >= 0.6 is 0 Å². The molecule has 6 heteroatoms. The van der Waals surface area contributed by atoms with Crippen molar-refractivity contribution in [3.63, 3.8) is 0 Å². The topological polar surface area (TPSA) is 84.7 Å². The number of nitrogens with one attached hydrogen (secondary N) is 1. The van der Waals surface area contributed by atoms with Crippen molar-refractivity contribution in [1.82, 2.24) is 10.2 Å². The number of rotatable bonds is 4. The van der Waals surface area contributed by atoms with Gasteiger partial charge in [-0.3, -0.25) is 9.59 Å². The second-order valence-corrected chi connectivity index (χ2v) is 5.15. The summed E-state index contributed by atoms with van der Waals surface area (Å²) in [5.74, 6) is 0.446. The van der Waals surface area contributed by atoms with Gasteiger partial charge in [-0.15, -0.1) is 0 Å². The van der Waals surface area contributed by atoms with Crippen molar-refractivity contribution in [1.29, 1.82) is 0 Å². The number of likely N-dealkylation sites (N-methyl/N-ethyl adjacent to an activating group) is 1. The molecule has 21 heavy (non-hydrogen) atoms. The molecule has 2 amide bonds. The molecule has 0 radical (unpaired) electrons. The van der Waals surface area contributed by atoms with Crippen LogP contribution in [0.3, 0.4) is 0 Å². The third-order valence-electron chi connectivity index (χ3n) is 3.84. The minimum absolute atomic E-state index is 0.00133. The molecule has 6 nitrogen and oxygen atoms in total. The first kappa shape index (κ1) is 15.3. The van der Waals surface area contributed by atoms with E-state index >= 15 is 0 Å². The fourth-order valence-electron chi connectivity index (χ4n) is 2.46. The van der Waals surface area contributed by atoms with Crippen molar-refractivity contribution < 1.29 is 14.3 Å². The minimum Gasteiger partial charge on any atom is -0.496 e. The molecule has 3 N–H and O–H groups in total. The predicted octanol–water partition coefficient (Wildman–Crippen LogP) is 0.505. The quantitative estimate of drug-likeness (QED) is 0.846. The van der Waals surface area contributed by atoms with Gasteiger partial charge in [-0.25, -0.2) is 0 Å². The highest BCUT2D eigenvalue weighted by molar-refractivity contribution is 5.97. The monoisotopic (exact) mass is 291 g/mol. The van der Waals surface area contributed by atoms with Crippen LogP contribution in [0.15, 0.2) is 18.2 Å². The summed E-state index contributed by atoms with van der Waals surface area (Å²) in [6.07, 6.45) is 1.12. The summed E-state index contributed by atoms with van der Waals surface area (Å²) in [6.45, 7) is 0.855. The lowest BCUT2D eigenvalue weighted by Crippen LogP contribution is -2.48. The molecule has 1 saturated heterocycles. The van der Waals surface area contributed by atoms with E-state index < -0.39 is 0 Å². The third-order valence-corrected chi connectivity index (χ3v) is 3.84. The summed E-state index contributed by atoms with van der Waals surface area (Å²) < 4.78 is 5.26. The number of nitrogens with zero attached hydrogens (tertiary/aromatic N) is 1. The summed E-state index contributed by atoms with van der Waals surface area (Å²) >= 11 is 0. The van der Waals surface area contributed by atoms with Gasteiger partial charge in [0, 0.05) is 32.6 Å². The molecule has 2 rings (SSSR count). The van der Waals surface area contributed by atoms with Gasteiger partial charge in [-0.05, 0) is 24.1 Å². The van der Waals surface area contributed by atoms with E-state index in [0.717, 1.165) is 5.56 Å². The number of amides is 2. The Balaban J connectivity index is 2.20. The van der Waals surface area contributed by atoms with Crippen LogP contribution in [0.4, 0.5) is 0 Å². The Kier molecular flexibility index (Phi) is 4.80. The Morgan fingerprint density at radius 1 is 1.52 bits per heavy atom. The van der Waals surface area contributed by atoms with Crippen molar-refractivity contribution in [2.75, 3.05) is 20.7 Å². The number of hydrogen-bond acceptors (Lipinski definition) is 4. The summed E-state index contributed by atoms with van der Waals surface area (Å²) in [4.78, 5) is 25.5. The first-order valence-electron chi connectivity index (χ1n) is 6.97. The average Bonchev–Trinajstić information content (AvgIpc) is 2.53. The fourth-order valence-corrected chi connectivity index (χ4v) is 2.46. The molecule has 0 spiro atoms. The maximum Gasteiger partial charge on any atom is 0.257 e. The van der Waals surface area contributed by atoms with Crippen molar-refractivity contribution >= 4 is 11.8 Å². The minimum atomic E-state index is -0.122.